The van der Waals surface area contributed by atoms with E-state index in [4.69, 9.17) is 4.74 Å². The highest BCUT2D eigenvalue weighted by Crippen LogP contribution is 2.60. The number of rotatable bonds is 1. The molecule has 2 atom stereocenters. The zero-order chi connectivity index (χ0) is 13.4. The molecule has 2 aliphatic rings. The van der Waals surface area contributed by atoms with Crippen molar-refractivity contribution in [1.82, 2.24) is 0 Å². The molecule has 2 nitrogen and oxygen atoms in total. The Morgan fingerprint density at radius 1 is 1.39 bits per heavy atom. The fourth-order valence-electron chi connectivity index (χ4n) is 4.14. The van der Waals surface area contributed by atoms with E-state index in [0.717, 1.165) is 32.1 Å². The summed E-state index contributed by atoms with van der Waals surface area (Å²) in [5.74, 6) is 0.103. The van der Waals surface area contributed by atoms with Gasteiger partial charge in [-0.15, -0.1) is 0 Å². The van der Waals surface area contributed by atoms with Crippen molar-refractivity contribution < 1.29 is 9.53 Å². The zero-order valence-electron chi connectivity index (χ0n) is 12.2. The first kappa shape index (κ1) is 13.6. The summed E-state index contributed by atoms with van der Waals surface area (Å²) in [5.41, 5.74) is 1.84. The molecule has 18 heavy (non-hydrogen) atoms. The van der Waals surface area contributed by atoms with Crippen molar-refractivity contribution >= 4 is 5.97 Å². The average molecular weight is 250 g/mol. The molecule has 0 aromatic heterocycles. The minimum atomic E-state index is 0.00993. The third kappa shape index (κ3) is 2.00. The first-order chi connectivity index (χ1) is 8.43. The van der Waals surface area contributed by atoms with Gasteiger partial charge in [0.15, 0.2) is 0 Å². The molecule has 0 aromatic carbocycles. The monoisotopic (exact) mass is 250 g/mol. The number of carbonyl (C=O) groups is 1. The van der Waals surface area contributed by atoms with Gasteiger partial charge in [-0.2, -0.15) is 0 Å². The molecular formula is C16H26O2. The fraction of sp³-hybridized carbons (Fsp3) is 0.812. The molecule has 0 aliphatic heterocycles. The largest absolute Gasteiger partial charge is 0.469 e. The summed E-state index contributed by atoms with van der Waals surface area (Å²) in [5, 5.41) is 0. The van der Waals surface area contributed by atoms with Crippen molar-refractivity contribution in [3.05, 3.63) is 11.6 Å². The predicted molar refractivity (Wildman–Crippen MR) is 73.2 cm³/mol. The Morgan fingerprint density at radius 3 is 2.67 bits per heavy atom. The number of hydrogen-bond donors (Lipinski definition) is 0. The molecular weight excluding hydrogens is 224 g/mol. The van der Waals surface area contributed by atoms with E-state index < -0.39 is 0 Å². The van der Waals surface area contributed by atoms with Gasteiger partial charge in [0.05, 0.1) is 13.0 Å². The Hall–Kier alpha value is -0.790. The van der Waals surface area contributed by atoms with Gasteiger partial charge in [-0.3, -0.25) is 4.79 Å². The smallest absolute Gasteiger partial charge is 0.309 e. The maximum Gasteiger partial charge on any atom is 0.309 e. The van der Waals surface area contributed by atoms with Gasteiger partial charge in [-0.1, -0.05) is 31.9 Å². The summed E-state index contributed by atoms with van der Waals surface area (Å²) >= 11 is 0. The quantitative estimate of drug-likeness (QED) is 0.517. The van der Waals surface area contributed by atoms with E-state index in [0.29, 0.717) is 0 Å². The third-order valence-corrected chi connectivity index (χ3v) is 5.58. The summed E-state index contributed by atoms with van der Waals surface area (Å²) in [7, 11) is 1.53. The molecule has 2 aliphatic carbocycles. The van der Waals surface area contributed by atoms with Crippen LogP contribution < -0.4 is 0 Å². The minimum Gasteiger partial charge on any atom is -0.469 e. The number of methoxy groups -OCH3 is 1. The molecule has 1 saturated carbocycles. The topological polar surface area (TPSA) is 26.3 Å². The molecule has 2 heteroatoms. The Kier molecular flexibility index (Phi) is 3.57. The van der Waals surface area contributed by atoms with Crippen molar-refractivity contribution in [1.29, 1.82) is 0 Å². The molecule has 0 N–H and O–H groups in total. The SMILES string of the molecule is COC(=O)C1CCCC(C)(C)C12CC=C(C)CC2. The highest BCUT2D eigenvalue weighted by molar-refractivity contribution is 5.73. The molecule has 0 aromatic rings. The van der Waals surface area contributed by atoms with Crippen LogP contribution in [0.15, 0.2) is 11.6 Å². The number of esters is 1. The normalized spacial score (nSPS) is 35.1. The highest BCUT2D eigenvalue weighted by Gasteiger charge is 2.54. The van der Waals surface area contributed by atoms with Crippen LogP contribution >= 0.6 is 0 Å². The van der Waals surface area contributed by atoms with Crippen LogP contribution in [0, 0.1) is 16.7 Å². The molecule has 1 fully saturated rings. The van der Waals surface area contributed by atoms with Gasteiger partial charge in [-0.25, -0.2) is 0 Å². The molecule has 0 saturated heterocycles. The van der Waals surface area contributed by atoms with Crippen LogP contribution in [0.25, 0.3) is 0 Å². The first-order valence-electron chi connectivity index (χ1n) is 7.16. The van der Waals surface area contributed by atoms with Crippen LogP contribution in [0.3, 0.4) is 0 Å². The summed E-state index contributed by atoms with van der Waals surface area (Å²) in [4.78, 5) is 12.2. The van der Waals surface area contributed by atoms with E-state index in [1.165, 1.54) is 19.1 Å². The van der Waals surface area contributed by atoms with E-state index in [1.807, 2.05) is 0 Å². The second-order valence-corrected chi connectivity index (χ2v) is 6.76. The van der Waals surface area contributed by atoms with Gasteiger partial charge in [0.1, 0.15) is 0 Å². The van der Waals surface area contributed by atoms with Crippen LogP contribution in [-0.2, 0) is 9.53 Å². The second kappa shape index (κ2) is 4.71. The highest BCUT2D eigenvalue weighted by atomic mass is 16.5. The molecule has 2 unspecified atom stereocenters. The van der Waals surface area contributed by atoms with Gasteiger partial charge in [0.2, 0.25) is 0 Å². The lowest BCUT2D eigenvalue weighted by Crippen LogP contribution is -2.50. The minimum absolute atomic E-state index is 0.00993. The van der Waals surface area contributed by atoms with Crippen molar-refractivity contribution in [2.24, 2.45) is 16.7 Å². The number of allylic oxidation sites excluding steroid dienone is 2. The van der Waals surface area contributed by atoms with E-state index in [1.54, 1.807) is 0 Å². The summed E-state index contributed by atoms with van der Waals surface area (Å²) in [6, 6.07) is 0. The lowest BCUT2D eigenvalue weighted by molar-refractivity contribution is -0.161. The van der Waals surface area contributed by atoms with E-state index in [-0.39, 0.29) is 22.7 Å². The molecule has 0 bridgehead atoms. The van der Waals surface area contributed by atoms with Crippen molar-refractivity contribution in [2.45, 2.75) is 59.3 Å². The van der Waals surface area contributed by atoms with Crippen LogP contribution in [0.4, 0.5) is 0 Å². The van der Waals surface area contributed by atoms with Crippen LogP contribution in [-0.4, -0.2) is 13.1 Å². The fourth-order valence-corrected chi connectivity index (χ4v) is 4.14. The maximum atomic E-state index is 12.2. The number of carbonyl (C=O) groups excluding carboxylic acids is 1. The molecule has 2 rings (SSSR count). The van der Waals surface area contributed by atoms with Crippen molar-refractivity contribution in [3.63, 3.8) is 0 Å². The molecule has 0 heterocycles. The number of ether oxygens (including phenoxy) is 1. The molecule has 0 radical (unpaired) electrons. The Balaban J connectivity index is 2.37. The van der Waals surface area contributed by atoms with E-state index in [9.17, 15) is 4.79 Å². The maximum absolute atomic E-state index is 12.2. The van der Waals surface area contributed by atoms with E-state index >= 15 is 0 Å². The Bertz CT molecular complexity index is 367. The van der Waals surface area contributed by atoms with Crippen LogP contribution in [0.2, 0.25) is 0 Å². The van der Waals surface area contributed by atoms with Crippen molar-refractivity contribution in [2.75, 3.05) is 7.11 Å². The van der Waals surface area contributed by atoms with Gasteiger partial charge in [-0.05, 0) is 49.9 Å². The van der Waals surface area contributed by atoms with Gasteiger partial charge in [0, 0.05) is 0 Å². The third-order valence-electron chi connectivity index (χ3n) is 5.58. The summed E-state index contributed by atoms with van der Waals surface area (Å²) in [6.45, 7) is 6.89. The predicted octanol–water partition coefficient (Wildman–Crippen LogP) is 4.10. The van der Waals surface area contributed by atoms with Gasteiger partial charge >= 0.3 is 5.97 Å². The summed E-state index contributed by atoms with van der Waals surface area (Å²) in [6.07, 6.45) is 9.06. The van der Waals surface area contributed by atoms with Crippen LogP contribution in [0.5, 0.6) is 0 Å². The average Bonchev–Trinajstić information content (AvgIpc) is 2.34. The lowest BCUT2D eigenvalue weighted by Gasteiger charge is -2.55. The summed E-state index contributed by atoms with van der Waals surface area (Å²) < 4.78 is 5.08. The Morgan fingerprint density at radius 2 is 2.11 bits per heavy atom. The van der Waals surface area contributed by atoms with Gasteiger partial charge in [0.25, 0.3) is 0 Å². The molecule has 102 valence electrons. The van der Waals surface area contributed by atoms with Crippen molar-refractivity contribution in [3.8, 4) is 0 Å². The number of hydrogen-bond acceptors (Lipinski definition) is 2. The first-order valence-corrected chi connectivity index (χ1v) is 7.16. The standard InChI is InChI=1S/C16H26O2/c1-12-7-10-16(11-8-12)13(14(17)18-4)6-5-9-15(16,2)3/h7,13H,5-6,8-11H2,1-4H3. The molecule has 1 spiro atoms. The van der Waals surface area contributed by atoms with Gasteiger partial charge < -0.3 is 4.74 Å². The zero-order valence-corrected chi connectivity index (χ0v) is 12.2. The van der Waals surface area contributed by atoms with E-state index in [2.05, 4.69) is 26.8 Å². The van der Waals surface area contributed by atoms with Crippen LogP contribution in [0.1, 0.15) is 59.3 Å². The second-order valence-electron chi connectivity index (χ2n) is 6.76. The molecule has 0 amide bonds. The lowest BCUT2D eigenvalue weighted by atomic mass is 9.49. The Labute approximate surface area is 111 Å².